The van der Waals surface area contributed by atoms with Crippen LogP contribution in [0, 0.1) is 5.92 Å². The van der Waals surface area contributed by atoms with Gasteiger partial charge in [0.2, 0.25) is 0 Å². The molecule has 0 saturated carbocycles. The summed E-state index contributed by atoms with van der Waals surface area (Å²) in [6.07, 6.45) is 6.92. The predicted octanol–water partition coefficient (Wildman–Crippen LogP) is 4.07. The zero-order valence-corrected chi connectivity index (χ0v) is 14.3. The van der Waals surface area contributed by atoms with Crippen LogP contribution in [0.25, 0.3) is 16.9 Å². The molecule has 0 fully saturated rings. The van der Waals surface area contributed by atoms with E-state index in [9.17, 15) is 0 Å². The van der Waals surface area contributed by atoms with Crippen molar-refractivity contribution in [2.75, 3.05) is 6.54 Å². The predicted molar refractivity (Wildman–Crippen MR) is 98.0 cm³/mol. The van der Waals surface area contributed by atoms with Crippen LogP contribution in [0.3, 0.4) is 0 Å². The van der Waals surface area contributed by atoms with Crippen LogP contribution in [0.4, 0.5) is 0 Å². The first-order chi connectivity index (χ1) is 11.7. The van der Waals surface area contributed by atoms with Gasteiger partial charge in [0.25, 0.3) is 0 Å². The monoisotopic (exact) mass is 320 g/mol. The number of nitrogens with zero attached hydrogens (tertiary/aromatic N) is 3. The van der Waals surface area contributed by atoms with Gasteiger partial charge in [0.05, 0.1) is 11.4 Å². The van der Waals surface area contributed by atoms with Gasteiger partial charge >= 0.3 is 0 Å². The van der Waals surface area contributed by atoms with E-state index >= 15 is 0 Å². The minimum Gasteiger partial charge on any atom is -0.313 e. The number of benzene rings is 1. The van der Waals surface area contributed by atoms with Crippen LogP contribution in [-0.2, 0) is 6.54 Å². The molecule has 3 rings (SSSR count). The number of hydrogen-bond donors (Lipinski definition) is 1. The molecule has 4 nitrogen and oxygen atoms in total. The van der Waals surface area contributed by atoms with Crippen LogP contribution < -0.4 is 5.32 Å². The van der Waals surface area contributed by atoms with Crippen molar-refractivity contribution >= 4 is 0 Å². The van der Waals surface area contributed by atoms with Crippen molar-refractivity contribution in [1.29, 1.82) is 0 Å². The Bertz CT molecular complexity index is 748. The summed E-state index contributed by atoms with van der Waals surface area (Å²) in [5, 5.41) is 8.35. The Labute approximate surface area is 143 Å². The molecule has 124 valence electrons. The van der Waals surface area contributed by atoms with Crippen LogP contribution in [0.5, 0.6) is 0 Å². The third kappa shape index (κ3) is 4.09. The largest absolute Gasteiger partial charge is 0.313 e. The van der Waals surface area contributed by atoms with Crippen molar-refractivity contribution in [3.05, 3.63) is 66.6 Å². The van der Waals surface area contributed by atoms with Crippen molar-refractivity contribution < 1.29 is 0 Å². The van der Waals surface area contributed by atoms with Crippen molar-refractivity contribution in [3.63, 3.8) is 0 Å². The molecule has 0 bridgehead atoms. The molecule has 0 radical (unpaired) electrons. The lowest BCUT2D eigenvalue weighted by Crippen LogP contribution is -2.16. The van der Waals surface area contributed by atoms with Crippen LogP contribution in [-0.4, -0.2) is 21.3 Å². The molecular formula is C20H24N4. The van der Waals surface area contributed by atoms with Gasteiger partial charge < -0.3 is 5.32 Å². The first-order valence-corrected chi connectivity index (χ1v) is 8.49. The molecular weight excluding hydrogens is 296 g/mol. The highest BCUT2D eigenvalue weighted by Crippen LogP contribution is 2.23. The molecule has 0 amide bonds. The second-order valence-electron chi connectivity index (χ2n) is 6.38. The Morgan fingerprint density at radius 3 is 2.50 bits per heavy atom. The molecule has 0 aliphatic carbocycles. The molecule has 0 saturated heterocycles. The van der Waals surface area contributed by atoms with Crippen molar-refractivity contribution in [1.82, 2.24) is 20.1 Å². The summed E-state index contributed by atoms with van der Waals surface area (Å²) >= 11 is 0. The molecule has 24 heavy (non-hydrogen) atoms. The van der Waals surface area contributed by atoms with Gasteiger partial charge in [-0.25, -0.2) is 4.68 Å². The molecule has 1 N–H and O–H groups in total. The SMILES string of the molecule is CC(C)CCNCc1cn(-c2ccccc2)nc1-c1ccncc1. The van der Waals surface area contributed by atoms with Crippen LogP contribution in [0.1, 0.15) is 25.8 Å². The fraction of sp³-hybridized carbons (Fsp3) is 0.300. The summed E-state index contributed by atoms with van der Waals surface area (Å²) in [6.45, 7) is 6.33. The second kappa shape index (κ2) is 7.88. The molecule has 0 spiro atoms. The minimum atomic E-state index is 0.712. The molecule has 0 unspecified atom stereocenters. The van der Waals surface area contributed by atoms with Gasteiger partial charge in [-0.15, -0.1) is 0 Å². The van der Waals surface area contributed by atoms with Gasteiger partial charge in [-0.05, 0) is 43.1 Å². The van der Waals surface area contributed by atoms with Crippen molar-refractivity contribution in [2.45, 2.75) is 26.8 Å². The number of para-hydroxylation sites is 1. The van der Waals surface area contributed by atoms with Crippen LogP contribution in [0.15, 0.2) is 61.1 Å². The zero-order valence-electron chi connectivity index (χ0n) is 14.3. The van der Waals surface area contributed by atoms with Gasteiger partial charge in [0, 0.05) is 36.3 Å². The van der Waals surface area contributed by atoms with E-state index in [1.807, 2.05) is 47.4 Å². The highest BCUT2D eigenvalue weighted by Gasteiger charge is 2.12. The van der Waals surface area contributed by atoms with Gasteiger partial charge in [0.15, 0.2) is 0 Å². The number of rotatable bonds is 7. The third-order valence-electron chi connectivity index (χ3n) is 3.98. The van der Waals surface area contributed by atoms with Gasteiger partial charge in [-0.2, -0.15) is 5.10 Å². The van der Waals surface area contributed by atoms with Crippen molar-refractivity contribution in [2.24, 2.45) is 5.92 Å². The summed E-state index contributed by atoms with van der Waals surface area (Å²) in [6, 6.07) is 14.2. The lowest BCUT2D eigenvalue weighted by atomic mass is 10.1. The van der Waals surface area contributed by atoms with Gasteiger partial charge in [-0.1, -0.05) is 32.0 Å². The Kier molecular flexibility index (Phi) is 5.39. The zero-order chi connectivity index (χ0) is 16.8. The van der Waals surface area contributed by atoms with E-state index in [0.29, 0.717) is 5.92 Å². The molecule has 0 aliphatic heterocycles. The summed E-state index contributed by atoms with van der Waals surface area (Å²) in [4.78, 5) is 4.11. The Morgan fingerprint density at radius 2 is 1.79 bits per heavy atom. The van der Waals surface area contributed by atoms with E-state index in [4.69, 9.17) is 5.10 Å². The number of hydrogen-bond acceptors (Lipinski definition) is 3. The summed E-state index contributed by atoms with van der Waals surface area (Å²) in [5.74, 6) is 0.712. The number of aromatic nitrogens is 3. The maximum Gasteiger partial charge on any atom is 0.0973 e. The summed E-state index contributed by atoms with van der Waals surface area (Å²) in [5.41, 5.74) is 4.38. The van der Waals surface area contributed by atoms with Crippen molar-refractivity contribution in [3.8, 4) is 16.9 Å². The Balaban J connectivity index is 1.86. The lowest BCUT2D eigenvalue weighted by Gasteiger charge is -2.07. The lowest BCUT2D eigenvalue weighted by molar-refractivity contribution is 0.538. The van der Waals surface area contributed by atoms with E-state index in [1.165, 1.54) is 12.0 Å². The van der Waals surface area contributed by atoms with Gasteiger partial charge in [-0.3, -0.25) is 4.98 Å². The normalized spacial score (nSPS) is 11.1. The molecule has 2 heterocycles. The Hall–Kier alpha value is -2.46. The molecule has 1 aromatic carbocycles. The van der Waals surface area contributed by atoms with E-state index < -0.39 is 0 Å². The van der Waals surface area contributed by atoms with Crippen LogP contribution in [0.2, 0.25) is 0 Å². The number of nitrogens with one attached hydrogen (secondary N) is 1. The molecule has 3 aromatic rings. The first-order valence-electron chi connectivity index (χ1n) is 8.49. The second-order valence-corrected chi connectivity index (χ2v) is 6.38. The highest BCUT2D eigenvalue weighted by molar-refractivity contribution is 5.62. The minimum absolute atomic E-state index is 0.712. The van der Waals surface area contributed by atoms with E-state index in [1.54, 1.807) is 0 Å². The topological polar surface area (TPSA) is 42.7 Å². The molecule has 0 atom stereocenters. The molecule has 4 heteroatoms. The molecule has 0 aliphatic rings. The van der Waals surface area contributed by atoms with E-state index in [0.717, 1.165) is 30.0 Å². The third-order valence-corrected chi connectivity index (χ3v) is 3.98. The maximum absolute atomic E-state index is 4.81. The fourth-order valence-corrected chi connectivity index (χ4v) is 2.62. The molecule has 2 aromatic heterocycles. The quantitative estimate of drug-likeness (QED) is 0.667. The van der Waals surface area contributed by atoms with Gasteiger partial charge in [0.1, 0.15) is 0 Å². The van der Waals surface area contributed by atoms with E-state index in [2.05, 4.69) is 42.5 Å². The smallest absolute Gasteiger partial charge is 0.0973 e. The average Bonchev–Trinajstić information content (AvgIpc) is 3.04. The van der Waals surface area contributed by atoms with E-state index in [-0.39, 0.29) is 0 Å². The summed E-state index contributed by atoms with van der Waals surface area (Å²) < 4.78 is 1.95. The number of pyridine rings is 1. The average molecular weight is 320 g/mol. The fourth-order valence-electron chi connectivity index (χ4n) is 2.62. The maximum atomic E-state index is 4.81. The van der Waals surface area contributed by atoms with Crippen LogP contribution >= 0.6 is 0 Å². The summed E-state index contributed by atoms with van der Waals surface area (Å²) in [7, 11) is 0. The standard InChI is InChI=1S/C20H24N4/c1-16(2)8-11-22-14-18-15-24(19-6-4-3-5-7-19)23-20(18)17-9-12-21-13-10-17/h3-7,9-10,12-13,15-16,22H,8,11,14H2,1-2H3. The first kappa shape index (κ1) is 16.4. The Morgan fingerprint density at radius 1 is 1.04 bits per heavy atom. The highest BCUT2D eigenvalue weighted by atomic mass is 15.3.